The number of para-hydroxylation sites is 1. The number of nitrogens with one attached hydrogen (secondary N) is 1. The van der Waals surface area contributed by atoms with Crippen LogP contribution in [-0.4, -0.2) is 19.2 Å². The highest BCUT2D eigenvalue weighted by atomic mass is 79.9. The molecule has 2 nitrogen and oxygen atoms in total. The SMILES string of the molecule is CC1CNCCCC1Oc1ccccc1Br. The molecule has 1 N–H and O–H groups in total. The van der Waals surface area contributed by atoms with Crippen molar-refractivity contribution in [3.8, 4) is 5.75 Å². The van der Waals surface area contributed by atoms with Crippen molar-refractivity contribution in [1.82, 2.24) is 5.32 Å². The van der Waals surface area contributed by atoms with Gasteiger partial charge in [0.15, 0.2) is 0 Å². The van der Waals surface area contributed by atoms with Crippen molar-refractivity contribution in [2.75, 3.05) is 13.1 Å². The molecule has 0 aromatic heterocycles. The third-order valence-electron chi connectivity index (χ3n) is 3.06. The first-order valence-corrected chi connectivity index (χ1v) is 6.68. The van der Waals surface area contributed by atoms with Crippen LogP contribution in [0.3, 0.4) is 0 Å². The largest absolute Gasteiger partial charge is 0.489 e. The monoisotopic (exact) mass is 283 g/mol. The van der Waals surface area contributed by atoms with E-state index in [9.17, 15) is 0 Å². The maximum Gasteiger partial charge on any atom is 0.133 e. The summed E-state index contributed by atoms with van der Waals surface area (Å²) in [6.45, 7) is 4.41. The Morgan fingerprint density at radius 3 is 3.00 bits per heavy atom. The van der Waals surface area contributed by atoms with Gasteiger partial charge in [-0.05, 0) is 47.4 Å². The fourth-order valence-corrected chi connectivity index (χ4v) is 2.43. The smallest absolute Gasteiger partial charge is 0.133 e. The molecule has 88 valence electrons. The molecule has 2 rings (SSSR count). The van der Waals surface area contributed by atoms with Crippen molar-refractivity contribution in [3.05, 3.63) is 28.7 Å². The predicted molar refractivity (Wildman–Crippen MR) is 69.8 cm³/mol. The van der Waals surface area contributed by atoms with E-state index in [1.807, 2.05) is 24.3 Å². The van der Waals surface area contributed by atoms with Crippen LogP contribution in [0, 0.1) is 5.92 Å². The van der Waals surface area contributed by atoms with Gasteiger partial charge in [-0.3, -0.25) is 0 Å². The summed E-state index contributed by atoms with van der Waals surface area (Å²) >= 11 is 3.52. The number of hydrogen-bond acceptors (Lipinski definition) is 2. The molecule has 1 heterocycles. The van der Waals surface area contributed by atoms with Gasteiger partial charge in [0.05, 0.1) is 4.47 Å². The lowest BCUT2D eigenvalue weighted by molar-refractivity contribution is 0.140. The number of ether oxygens (including phenoxy) is 1. The van der Waals surface area contributed by atoms with Gasteiger partial charge in [0.1, 0.15) is 11.9 Å². The minimum atomic E-state index is 0.327. The second-order valence-electron chi connectivity index (χ2n) is 4.41. The average molecular weight is 284 g/mol. The number of benzene rings is 1. The summed E-state index contributed by atoms with van der Waals surface area (Å²) in [5.41, 5.74) is 0. The molecule has 1 aliphatic heterocycles. The van der Waals surface area contributed by atoms with Crippen LogP contribution in [-0.2, 0) is 0 Å². The number of halogens is 1. The lowest BCUT2D eigenvalue weighted by atomic mass is 10.0. The summed E-state index contributed by atoms with van der Waals surface area (Å²) in [7, 11) is 0. The predicted octanol–water partition coefficient (Wildman–Crippen LogP) is 3.22. The van der Waals surface area contributed by atoms with Crippen LogP contribution in [0.4, 0.5) is 0 Å². The topological polar surface area (TPSA) is 21.3 Å². The van der Waals surface area contributed by atoms with Crippen LogP contribution >= 0.6 is 15.9 Å². The molecule has 1 aromatic rings. The molecule has 1 fully saturated rings. The van der Waals surface area contributed by atoms with Crippen LogP contribution in [0.1, 0.15) is 19.8 Å². The quantitative estimate of drug-likeness (QED) is 0.900. The Labute approximate surface area is 106 Å². The highest BCUT2D eigenvalue weighted by Crippen LogP contribution is 2.27. The fourth-order valence-electron chi connectivity index (χ4n) is 2.05. The first kappa shape index (κ1) is 11.9. The Bertz CT molecular complexity index is 342. The maximum absolute atomic E-state index is 6.09. The van der Waals surface area contributed by atoms with Gasteiger partial charge in [0.2, 0.25) is 0 Å². The van der Waals surface area contributed by atoms with Crippen LogP contribution in [0.2, 0.25) is 0 Å². The van der Waals surface area contributed by atoms with Gasteiger partial charge in [-0.2, -0.15) is 0 Å². The normalized spacial score (nSPS) is 26.1. The Morgan fingerprint density at radius 2 is 2.19 bits per heavy atom. The molecule has 0 saturated carbocycles. The molecule has 1 aliphatic rings. The van der Waals surface area contributed by atoms with E-state index in [-0.39, 0.29) is 0 Å². The van der Waals surface area contributed by atoms with E-state index in [0.29, 0.717) is 12.0 Å². The van der Waals surface area contributed by atoms with Crippen molar-refractivity contribution < 1.29 is 4.74 Å². The van der Waals surface area contributed by atoms with E-state index < -0.39 is 0 Å². The molecular weight excluding hydrogens is 266 g/mol. The van der Waals surface area contributed by atoms with Crippen molar-refractivity contribution >= 4 is 15.9 Å². The average Bonchev–Trinajstić information content (AvgIpc) is 2.48. The van der Waals surface area contributed by atoms with E-state index in [1.54, 1.807) is 0 Å². The third kappa shape index (κ3) is 2.98. The summed E-state index contributed by atoms with van der Waals surface area (Å²) in [5, 5.41) is 3.44. The first-order valence-electron chi connectivity index (χ1n) is 5.89. The highest BCUT2D eigenvalue weighted by Gasteiger charge is 2.21. The molecule has 0 spiro atoms. The summed E-state index contributed by atoms with van der Waals surface area (Å²) in [6.07, 6.45) is 2.66. The second kappa shape index (κ2) is 5.69. The second-order valence-corrected chi connectivity index (χ2v) is 5.26. The Balaban J connectivity index is 2.05. The molecule has 3 heteroatoms. The Kier molecular flexibility index (Phi) is 4.24. The van der Waals surface area contributed by atoms with Crippen LogP contribution < -0.4 is 10.1 Å². The van der Waals surface area contributed by atoms with E-state index in [4.69, 9.17) is 4.74 Å². The van der Waals surface area contributed by atoms with Gasteiger partial charge < -0.3 is 10.1 Å². The Morgan fingerprint density at radius 1 is 1.38 bits per heavy atom. The minimum Gasteiger partial charge on any atom is -0.489 e. The lowest BCUT2D eigenvalue weighted by Gasteiger charge is -2.23. The van der Waals surface area contributed by atoms with Crippen LogP contribution in [0.5, 0.6) is 5.75 Å². The zero-order valence-electron chi connectivity index (χ0n) is 9.58. The molecule has 0 bridgehead atoms. The van der Waals surface area contributed by atoms with Gasteiger partial charge >= 0.3 is 0 Å². The van der Waals surface area contributed by atoms with Gasteiger partial charge in [-0.1, -0.05) is 19.1 Å². The zero-order chi connectivity index (χ0) is 11.4. The van der Waals surface area contributed by atoms with Gasteiger partial charge in [-0.25, -0.2) is 0 Å². The number of hydrogen-bond donors (Lipinski definition) is 1. The fraction of sp³-hybridized carbons (Fsp3) is 0.538. The summed E-state index contributed by atoms with van der Waals surface area (Å²) in [5.74, 6) is 1.52. The molecular formula is C13H18BrNO. The zero-order valence-corrected chi connectivity index (χ0v) is 11.2. The van der Waals surface area contributed by atoms with Crippen molar-refractivity contribution in [1.29, 1.82) is 0 Å². The van der Waals surface area contributed by atoms with Crippen LogP contribution in [0.15, 0.2) is 28.7 Å². The number of rotatable bonds is 2. The van der Waals surface area contributed by atoms with E-state index in [0.717, 1.165) is 29.7 Å². The molecule has 1 aromatic carbocycles. The first-order chi connectivity index (χ1) is 7.77. The van der Waals surface area contributed by atoms with Gasteiger partial charge in [-0.15, -0.1) is 0 Å². The van der Waals surface area contributed by atoms with Gasteiger partial charge in [0, 0.05) is 12.5 Å². The van der Waals surface area contributed by atoms with Crippen LogP contribution in [0.25, 0.3) is 0 Å². The standard InChI is InChI=1S/C13H18BrNO/c1-10-9-15-8-4-7-12(10)16-13-6-3-2-5-11(13)14/h2-3,5-6,10,12,15H,4,7-9H2,1H3. The molecule has 0 aliphatic carbocycles. The summed E-state index contributed by atoms with van der Waals surface area (Å²) in [6, 6.07) is 8.07. The minimum absolute atomic E-state index is 0.327. The maximum atomic E-state index is 6.09. The molecule has 2 unspecified atom stereocenters. The van der Waals surface area contributed by atoms with Crippen molar-refractivity contribution in [2.24, 2.45) is 5.92 Å². The third-order valence-corrected chi connectivity index (χ3v) is 3.71. The summed E-state index contributed by atoms with van der Waals surface area (Å²) in [4.78, 5) is 0. The molecule has 0 amide bonds. The van der Waals surface area contributed by atoms with Gasteiger partial charge in [0.25, 0.3) is 0 Å². The molecule has 0 radical (unpaired) electrons. The summed E-state index contributed by atoms with van der Waals surface area (Å²) < 4.78 is 7.13. The lowest BCUT2D eigenvalue weighted by Crippen LogP contribution is -2.29. The molecule has 2 atom stereocenters. The Hall–Kier alpha value is -0.540. The van der Waals surface area contributed by atoms with E-state index in [1.165, 1.54) is 6.42 Å². The van der Waals surface area contributed by atoms with E-state index in [2.05, 4.69) is 28.2 Å². The van der Waals surface area contributed by atoms with Crippen molar-refractivity contribution in [2.45, 2.75) is 25.9 Å². The molecule has 1 saturated heterocycles. The van der Waals surface area contributed by atoms with Crippen molar-refractivity contribution in [3.63, 3.8) is 0 Å². The highest BCUT2D eigenvalue weighted by molar-refractivity contribution is 9.10. The molecule has 16 heavy (non-hydrogen) atoms. The van der Waals surface area contributed by atoms with E-state index >= 15 is 0 Å².